The Balaban J connectivity index is 1.30. The first-order valence-corrected chi connectivity index (χ1v) is 13.5. The van der Waals surface area contributed by atoms with Crippen LogP contribution in [0.2, 0.25) is 5.02 Å². The molecule has 2 aromatic heterocycles. The van der Waals surface area contributed by atoms with Gasteiger partial charge in [0, 0.05) is 40.9 Å². The van der Waals surface area contributed by atoms with Crippen molar-refractivity contribution in [1.82, 2.24) is 14.9 Å². The van der Waals surface area contributed by atoms with Gasteiger partial charge in [-0.1, -0.05) is 54.1 Å². The van der Waals surface area contributed by atoms with Crippen LogP contribution in [0.25, 0.3) is 11.1 Å². The Morgan fingerprint density at radius 3 is 2.60 bits per heavy atom. The van der Waals surface area contributed by atoms with E-state index in [0.717, 1.165) is 39.2 Å². The highest BCUT2D eigenvalue weighted by atomic mass is 35.5. The van der Waals surface area contributed by atoms with Gasteiger partial charge < -0.3 is 14.8 Å². The zero-order chi connectivity index (χ0) is 27.6. The number of anilines is 1. The summed E-state index contributed by atoms with van der Waals surface area (Å²) >= 11 is 6.21. The molecule has 2 amide bonds. The lowest BCUT2D eigenvalue weighted by atomic mass is 9.98. The molecule has 198 valence electrons. The van der Waals surface area contributed by atoms with Gasteiger partial charge in [0.1, 0.15) is 5.69 Å². The van der Waals surface area contributed by atoms with Gasteiger partial charge in [-0.3, -0.25) is 14.6 Å². The summed E-state index contributed by atoms with van der Waals surface area (Å²) in [4.78, 5) is 33.1. The lowest BCUT2D eigenvalue weighted by Gasteiger charge is -2.23. The zero-order valence-corrected chi connectivity index (χ0v) is 22.7. The van der Waals surface area contributed by atoms with Crippen molar-refractivity contribution >= 4 is 29.1 Å². The molecule has 1 aliphatic rings. The van der Waals surface area contributed by atoms with E-state index in [2.05, 4.69) is 10.3 Å². The molecule has 0 unspecified atom stereocenters. The number of benzene rings is 3. The molecule has 0 atom stereocenters. The average molecular weight is 547 g/mol. The molecule has 5 aromatic rings. The van der Waals surface area contributed by atoms with E-state index in [1.54, 1.807) is 17.3 Å². The van der Waals surface area contributed by atoms with Crippen LogP contribution >= 0.6 is 11.6 Å². The Hall–Kier alpha value is -4.68. The molecule has 0 bridgehead atoms. The van der Waals surface area contributed by atoms with E-state index in [0.29, 0.717) is 35.9 Å². The number of para-hydroxylation sites is 1. The van der Waals surface area contributed by atoms with Crippen LogP contribution in [0.4, 0.5) is 5.69 Å². The molecule has 1 N–H and O–H groups in total. The number of hydrogen-bond donors (Lipinski definition) is 1. The van der Waals surface area contributed by atoms with E-state index in [9.17, 15) is 9.59 Å². The highest BCUT2D eigenvalue weighted by molar-refractivity contribution is 6.30. The molecule has 0 saturated carbocycles. The number of hydrogen-bond acceptors (Lipinski definition) is 3. The monoisotopic (exact) mass is 546 g/mol. The number of rotatable bonds is 5. The van der Waals surface area contributed by atoms with Crippen molar-refractivity contribution in [2.45, 2.75) is 26.6 Å². The standard InChI is InChI=1S/C33H27ClN4O2/c1-22-16-25(11-13-29(22)24-8-4-9-27(34)17-24)33(40)38-21-28-12-14-31(32(39)36-19-23-6-5-15-35-18-23)37(28)20-26-7-2-3-10-30(26)38/h2-18H,19-21H2,1H3,(H,36,39). The second-order valence-corrected chi connectivity index (χ2v) is 10.3. The van der Waals surface area contributed by atoms with Gasteiger partial charge in [-0.25, -0.2) is 0 Å². The first-order chi connectivity index (χ1) is 19.5. The minimum atomic E-state index is -0.167. The SMILES string of the molecule is Cc1cc(C(=O)N2Cc3ccc(C(=O)NCc4cccnc4)n3Cc3ccccc32)ccc1-c1cccc(Cl)c1. The maximum Gasteiger partial charge on any atom is 0.268 e. The number of pyridine rings is 1. The number of nitrogens with zero attached hydrogens (tertiary/aromatic N) is 3. The smallest absolute Gasteiger partial charge is 0.268 e. The topological polar surface area (TPSA) is 67.2 Å². The fourth-order valence-corrected chi connectivity index (χ4v) is 5.44. The van der Waals surface area contributed by atoms with Crippen molar-refractivity contribution in [3.8, 4) is 11.1 Å². The first-order valence-electron chi connectivity index (χ1n) is 13.1. The maximum absolute atomic E-state index is 14.0. The fraction of sp³-hybridized carbons (Fsp3) is 0.121. The van der Waals surface area contributed by atoms with Gasteiger partial charge in [0.05, 0.1) is 13.1 Å². The van der Waals surface area contributed by atoms with E-state index >= 15 is 0 Å². The predicted molar refractivity (Wildman–Crippen MR) is 158 cm³/mol. The van der Waals surface area contributed by atoms with Gasteiger partial charge in [0.2, 0.25) is 0 Å². The maximum atomic E-state index is 14.0. The van der Waals surface area contributed by atoms with Crippen LogP contribution in [0.3, 0.4) is 0 Å². The van der Waals surface area contributed by atoms with Crippen LogP contribution in [-0.4, -0.2) is 21.4 Å². The fourth-order valence-electron chi connectivity index (χ4n) is 5.25. The Morgan fingerprint density at radius 1 is 0.925 bits per heavy atom. The van der Waals surface area contributed by atoms with E-state index < -0.39 is 0 Å². The summed E-state index contributed by atoms with van der Waals surface area (Å²) in [7, 11) is 0. The number of fused-ring (bicyclic) bond motifs is 2. The summed E-state index contributed by atoms with van der Waals surface area (Å²) in [6.07, 6.45) is 3.44. The minimum absolute atomic E-state index is 0.0922. The number of amides is 2. The largest absolute Gasteiger partial charge is 0.347 e. The third kappa shape index (κ3) is 5.01. The average Bonchev–Trinajstić information content (AvgIpc) is 3.29. The van der Waals surface area contributed by atoms with Gasteiger partial charge in [0.15, 0.2) is 0 Å². The van der Waals surface area contributed by atoms with Gasteiger partial charge >= 0.3 is 0 Å². The molecule has 0 spiro atoms. The van der Waals surface area contributed by atoms with Crippen LogP contribution < -0.4 is 10.2 Å². The molecule has 3 heterocycles. The molecule has 0 fully saturated rings. The van der Waals surface area contributed by atoms with Crippen molar-refractivity contribution in [3.05, 3.63) is 142 Å². The van der Waals surface area contributed by atoms with Crippen molar-refractivity contribution in [2.75, 3.05) is 4.90 Å². The lowest BCUT2D eigenvalue weighted by Crippen LogP contribution is -2.30. The van der Waals surface area contributed by atoms with Crippen molar-refractivity contribution in [3.63, 3.8) is 0 Å². The molecular formula is C33H27ClN4O2. The van der Waals surface area contributed by atoms with Gasteiger partial charge in [0.25, 0.3) is 11.8 Å². The summed E-state index contributed by atoms with van der Waals surface area (Å²) < 4.78 is 2.00. The molecule has 40 heavy (non-hydrogen) atoms. The normalized spacial score (nSPS) is 12.3. The summed E-state index contributed by atoms with van der Waals surface area (Å²) in [6, 6.07) is 28.9. The van der Waals surface area contributed by atoms with Crippen LogP contribution in [0.5, 0.6) is 0 Å². The third-order valence-corrected chi connectivity index (χ3v) is 7.50. The Labute approximate surface area is 237 Å². The molecule has 0 aliphatic carbocycles. The lowest BCUT2D eigenvalue weighted by molar-refractivity contribution is 0.0941. The molecule has 1 aliphatic heterocycles. The Bertz CT molecular complexity index is 1730. The molecule has 6 nitrogen and oxygen atoms in total. The summed E-state index contributed by atoms with van der Waals surface area (Å²) in [5.74, 6) is -0.259. The number of aromatic nitrogens is 2. The molecule has 3 aromatic carbocycles. The molecule has 0 saturated heterocycles. The minimum Gasteiger partial charge on any atom is -0.347 e. The van der Waals surface area contributed by atoms with Crippen LogP contribution in [0.15, 0.2) is 103 Å². The van der Waals surface area contributed by atoms with Crippen molar-refractivity contribution in [1.29, 1.82) is 0 Å². The number of carbonyl (C=O) groups excluding carboxylic acids is 2. The predicted octanol–water partition coefficient (Wildman–Crippen LogP) is 6.65. The second-order valence-electron chi connectivity index (χ2n) is 9.90. The van der Waals surface area contributed by atoms with Crippen molar-refractivity contribution in [2.24, 2.45) is 0 Å². The third-order valence-electron chi connectivity index (χ3n) is 7.26. The first kappa shape index (κ1) is 25.6. The molecular weight excluding hydrogens is 520 g/mol. The van der Waals surface area contributed by atoms with Gasteiger partial charge in [-0.05, 0) is 83.3 Å². The Kier molecular flexibility index (Phi) is 6.93. The molecule has 0 radical (unpaired) electrons. The van der Waals surface area contributed by atoms with Crippen LogP contribution in [0.1, 0.15) is 43.2 Å². The van der Waals surface area contributed by atoms with Crippen LogP contribution in [-0.2, 0) is 19.6 Å². The summed E-state index contributed by atoms with van der Waals surface area (Å²) in [5.41, 5.74) is 7.83. The quantitative estimate of drug-likeness (QED) is 0.268. The van der Waals surface area contributed by atoms with Crippen LogP contribution in [0, 0.1) is 6.92 Å². The second kappa shape index (κ2) is 10.8. The van der Waals surface area contributed by atoms with Gasteiger partial charge in [-0.15, -0.1) is 0 Å². The van der Waals surface area contributed by atoms with E-state index in [1.807, 2.05) is 102 Å². The van der Waals surface area contributed by atoms with E-state index in [4.69, 9.17) is 11.6 Å². The molecule has 6 rings (SSSR count). The Morgan fingerprint density at radius 2 is 1.80 bits per heavy atom. The van der Waals surface area contributed by atoms with Crippen molar-refractivity contribution < 1.29 is 9.59 Å². The highest BCUT2D eigenvalue weighted by Crippen LogP contribution is 2.32. The van der Waals surface area contributed by atoms with E-state index in [1.165, 1.54) is 0 Å². The highest BCUT2D eigenvalue weighted by Gasteiger charge is 2.27. The van der Waals surface area contributed by atoms with E-state index in [-0.39, 0.29) is 11.8 Å². The summed E-state index contributed by atoms with van der Waals surface area (Å²) in [6.45, 7) is 3.23. The molecule has 7 heteroatoms. The number of halogens is 1. The number of aryl methyl sites for hydroxylation is 1. The number of nitrogens with one attached hydrogen (secondary N) is 1. The summed E-state index contributed by atoms with van der Waals surface area (Å²) in [5, 5.41) is 3.67. The zero-order valence-electron chi connectivity index (χ0n) is 22.0. The number of carbonyl (C=O) groups is 2. The van der Waals surface area contributed by atoms with Gasteiger partial charge in [-0.2, -0.15) is 0 Å².